The summed E-state index contributed by atoms with van der Waals surface area (Å²) < 4.78 is 68.4. The molecule has 1 amide bonds. The van der Waals surface area contributed by atoms with Gasteiger partial charge in [-0.15, -0.1) is 0 Å². The highest BCUT2D eigenvalue weighted by Crippen LogP contribution is 2.32. The van der Waals surface area contributed by atoms with Crippen LogP contribution in [0, 0.1) is 0 Å². The van der Waals surface area contributed by atoms with E-state index in [1.54, 1.807) is 18.7 Å². The van der Waals surface area contributed by atoms with Crippen LogP contribution in [0.15, 0.2) is 47.5 Å². The lowest BCUT2D eigenvalue weighted by molar-refractivity contribution is -0.137. The van der Waals surface area contributed by atoms with Crippen molar-refractivity contribution in [3.63, 3.8) is 0 Å². The van der Waals surface area contributed by atoms with Gasteiger partial charge in [-0.3, -0.25) is 4.79 Å². The lowest BCUT2D eigenvalue weighted by atomic mass is 10.2. The zero-order valence-electron chi connectivity index (χ0n) is 17.6. The Balaban J connectivity index is 1.86. The van der Waals surface area contributed by atoms with Crippen molar-refractivity contribution in [1.29, 1.82) is 0 Å². The second-order valence-corrected chi connectivity index (χ2v) is 9.92. The molecule has 1 aromatic carbocycles. The van der Waals surface area contributed by atoms with Crippen LogP contribution in [0.1, 0.15) is 37.9 Å². The highest BCUT2D eigenvalue weighted by atomic mass is 32.2. The molecule has 170 valence electrons. The lowest BCUT2D eigenvalue weighted by Crippen LogP contribution is -2.46. The Labute approximate surface area is 180 Å². The van der Waals surface area contributed by atoms with Gasteiger partial charge >= 0.3 is 6.18 Å². The second-order valence-electron chi connectivity index (χ2n) is 8.03. The average Bonchev–Trinajstić information content (AvgIpc) is 3.45. The molecule has 1 aliphatic rings. The molecule has 2 aromatic rings. The topological polar surface area (TPSA) is 62.6 Å². The second kappa shape index (κ2) is 8.66. The first-order chi connectivity index (χ1) is 14.4. The summed E-state index contributed by atoms with van der Waals surface area (Å²) in [4.78, 5) is 14.3. The standard InChI is InChI=1S/C21H26F3N3O3S/c1-15(2)27(31(29,30)19-8-4-6-16(12-19)21(22,23)24)14-20(28)26(17-9-10-17)13-18-7-5-11-25(18)3/h4-8,11-12,15,17H,9-10,13-14H2,1-3H3. The Morgan fingerprint density at radius 1 is 1.19 bits per heavy atom. The summed E-state index contributed by atoms with van der Waals surface area (Å²) in [5.41, 5.74) is -0.135. The number of halogens is 3. The van der Waals surface area contributed by atoms with Crippen molar-refractivity contribution in [3.05, 3.63) is 53.9 Å². The van der Waals surface area contributed by atoms with Gasteiger partial charge in [-0.25, -0.2) is 8.42 Å². The van der Waals surface area contributed by atoms with Crippen LogP contribution in [0.2, 0.25) is 0 Å². The first-order valence-corrected chi connectivity index (χ1v) is 11.4. The Bertz CT molecular complexity index is 1040. The van der Waals surface area contributed by atoms with Gasteiger partial charge in [0.25, 0.3) is 0 Å². The number of aromatic nitrogens is 1. The first-order valence-electron chi connectivity index (χ1n) is 10.00. The van der Waals surface area contributed by atoms with Crippen LogP contribution in [0.25, 0.3) is 0 Å². The molecule has 1 aliphatic carbocycles. The molecule has 1 heterocycles. The largest absolute Gasteiger partial charge is 0.416 e. The molecule has 0 bridgehead atoms. The maximum absolute atomic E-state index is 13.2. The van der Waals surface area contributed by atoms with Gasteiger partial charge in [0.15, 0.2) is 0 Å². The Kier molecular flexibility index (Phi) is 6.52. The molecular weight excluding hydrogens is 431 g/mol. The van der Waals surface area contributed by atoms with E-state index in [2.05, 4.69) is 0 Å². The minimum atomic E-state index is -4.66. The van der Waals surface area contributed by atoms with Gasteiger partial charge in [0.1, 0.15) is 0 Å². The summed E-state index contributed by atoms with van der Waals surface area (Å²) >= 11 is 0. The third kappa shape index (κ3) is 5.30. The quantitative estimate of drug-likeness (QED) is 0.608. The molecule has 1 saturated carbocycles. The van der Waals surface area contributed by atoms with Crippen LogP contribution < -0.4 is 0 Å². The van der Waals surface area contributed by atoms with E-state index in [1.165, 1.54) is 0 Å². The normalized spacial score (nSPS) is 15.0. The maximum atomic E-state index is 13.2. The average molecular weight is 458 g/mol. The van der Waals surface area contributed by atoms with Crippen molar-refractivity contribution in [2.75, 3.05) is 6.54 Å². The predicted molar refractivity (Wildman–Crippen MR) is 109 cm³/mol. The third-order valence-corrected chi connectivity index (χ3v) is 7.34. The van der Waals surface area contributed by atoms with Gasteiger partial charge in [-0.2, -0.15) is 17.5 Å². The zero-order chi connectivity index (χ0) is 23.0. The monoisotopic (exact) mass is 457 g/mol. The van der Waals surface area contributed by atoms with Gasteiger partial charge in [0.05, 0.1) is 23.5 Å². The number of amides is 1. The molecule has 0 aliphatic heterocycles. The summed E-state index contributed by atoms with van der Waals surface area (Å²) in [6.07, 6.45) is -1.11. The number of hydrogen-bond donors (Lipinski definition) is 0. The molecule has 0 saturated heterocycles. The Morgan fingerprint density at radius 3 is 2.39 bits per heavy atom. The minimum absolute atomic E-state index is 0.0488. The molecule has 0 unspecified atom stereocenters. The third-order valence-electron chi connectivity index (χ3n) is 5.33. The van der Waals surface area contributed by atoms with Gasteiger partial charge < -0.3 is 9.47 Å². The molecule has 10 heteroatoms. The fourth-order valence-electron chi connectivity index (χ4n) is 3.38. The van der Waals surface area contributed by atoms with Crippen LogP contribution in [0.5, 0.6) is 0 Å². The lowest BCUT2D eigenvalue weighted by Gasteiger charge is -2.29. The number of alkyl halides is 3. The number of hydrogen-bond acceptors (Lipinski definition) is 3. The van der Waals surface area contributed by atoms with Crippen molar-refractivity contribution in [2.24, 2.45) is 7.05 Å². The summed E-state index contributed by atoms with van der Waals surface area (Å²) in [5.74, 6) is -0.368. The molecule has 0 N–H and O–H groups in total. The number of carbonyl (C=O) groups is 1. The van der Waals surface area contributed by atoms with E-state index in [0.29, 0.717) is 12.6 Å². The van der Waals surface area contributed by atoms with Gasteiger partial charge in [-0.1, -0.05) is 6.07 Å². The van der Waals surface area contributed by atoms with Crippen LogP contribution in [0.4, 0.5) is 13.2 Å². The van der Waals surface area contributed by atoms with Gasteiger partial charge in [0, 0.05) is 31.0 Å². The molecule has 31 heavy (non-hydrogen) atoms. The smallest absolute Gasteiger partial charge is 0.353 e. The highest BCUT2D eigenvalue weighted by molar-refractivity contribution is 7.89. The van der Waals surface area contributed by atoms with Gasteiger partial charge in [-0.05, 0) is 57.0 Å². The zero-order valence-corrected chi connectivity index (χ0v) is 18.4. The number of aryl methyl sites for hydroxylation is 1. The van der Waals surface area contributed by atoms with E-state index in [9.17, 15) is 26.4 Å². The fraction of sp³-hybridized carbons (Fsp3) is 0.476. The van der Waals surface area contributed by atoms with Crippen LogP contribution >= 0.6 is 0 Å². The van der Waals surface area contributed by atoms with Crippen molar-refractivity contribution in [2.45, 2.75) is 56.4 Å². The number of rotatable bonds is 8. The molecule has 6 nitrogen and oxygen atoms in total. The van der Waals surface area contributed by atoms with E-state index in [0.717, 1.165) is 41.0 Å². The number of nitrogens with zero attached hydrogens (tertiary/aromatic N) is 3. The predicted octanol–water partition coefficient (Wildman–Crippen LogP) is 3.63. The Hall–Kier alpha value is -2.33. The summed E-state index contributed by atoms with van der Waals surface area (Å²) in [6, 6.07) is 6.80. The van der Waals surface area contributed by atoms with Crippen molar-refractivity contribution in [3.8, 4) is 0 Å². The molecular formula is C21H26F3N3O3S. The first kappa shape index (κ1) is 23.3. The molecule has 3 rings (SSSR count). The van der Waals surface area contributed by atoms with Crippen molar-refractivity contribution in [1.82, 2.24) is 13.8 Å². The summed E-state index contributed by atoms with van der Waals surface area (Å²) in [6.45, 7) is 3.11. The summed E-state index contributed by atoms with van der Waals surface area (Å²) in [5, 5.41) is 0. The van der Waals surface area contributed by atoms with E-state index in [-0.39, 0.29) is 11.9 Å². The number of benzene rings is 1. The van der Waals surface area contributed by atoms with Crippen LogP contribution in [0.3, 0.4) is 0 Å². The molecule has 1 fully saturated rings. The SMILES string of the molecule is CC(C)N(CC(=O)N(Cc1cccn1C)C1CC1)S(=O)(=O)c1cccc(C(F)(F)F)c1. The van der Waals surface area contributed by atoms with Crippen molar-refractivity contribution >= 4 is 15.9 Å². The number of sulfonamides is 1. The van der Waals surface area contributed by atoms with E-state index in [4.69, 9.17) is 0 Å². The number of carbonyl (C=O) groups excluding carboxylic acids is 1. The van der Waals surface area contributed by atoms with E-state index < -0.39 is 39.2 Å². The Morgan fingerprint density at radius 2 is 1.87 bits per heavy atom. The van der Waals surface area contributed by atoms with Crippen LogP contribution in [-0.4, -0.2) is 46.7 Å². The minimum Gasteiger partial charge on any atom is -0.353 e. The maximum Gasteiger partial charge on any atom is 0.416 e. The van der Waals surface area contributed by atoms with Crippen LogP contribution in [-0.2, 0) is 34.6 Å². The van der Waals surface area contributed by atoms with E-state index in [1.807, 2.05) is 29.9 Å². The van der Waals surface area contributed by atoms with Gasteiger partial charge in [0.2, 0.25) is 15.9 Å². The molecule has 0 radical (unpaired) electrons. The van der Waals surface area contributed by atoms with Crippen molar-refractivity contribution < 1.29 is 26.4 Å². The fourth-order valence-corrected chi connectivity index (χ4v) is 5.01. The van der Waals surface area contributed by atoms with E-state index >= 15 is 0 Å². The molecule has 0 atom stereocenters. The highest BCUT2D eigenvalue weighted by Gasteiger charge is 2.37. The molecule has 0 spiro atoms. The summed E-state index contributed by atoms with van der Waals surface area (Å²) in [7, 11) is -2.44. The molecule has 1 aromatic heterocycles.